The molecular weight excluding hydrogens is 280 g/mol. The van der Waals surface area contributed by atoms with E-state index in [9.17, 15) is 0 Å². The van der Waals surface area contributed by atoms with Gasteiger partial charge in [-0.05, 0) is 36.1 Å². The molecule has 0 spiro atoms. The van der Waals surface area contributed by atoms with Crippen molar-refractivity contribution in [1.82, 2.24) is 9.88 Å². The van der Waals surface area contributed by atoms with Gasteiger partial charge in [-0.15, -0.1) is 0 Å². The molecule has 1 aromatic carbocycles. The van der Waals surface area contributed by atoms with Crippen LogP contribution in [0.2, 0.25) is 0 Å². The second-order valence-corrected chi connectivity index (χ2v) is 6.31. The Kier molecular flexibility index (Phi) is 5.24. The number of nitrogens with zero attached hydrogens (tertiary/aromatic N) is 2. The fourth-order valence-corrected chi connectivity index (χ4v) is 3.32. The maximum atomic E-state index is 4.95. The first-order chi connectivity index (χ1) is 11.3. The second-order valence-electron chi connectivity index (χ2n) is 6.31. The molecule has 0 bridgehead atoms. The molecule has 0 saturated heterocycles. The molecule has 0 amide bonds. The van der Waals surface area contributed by atoms with Crippen molar-refractivity contribution in [3.05, 3.63) is 71.1 Å². The molecule has 0 saturated carbocycles. The average molecular weight is 306 g/mol. The van der Waals surface area contributed by atoms with Gasteiger partial charge in [0.05, 0.1) is 5.69 Å². The molecule has 23 heavy (non-hydrogen) atoms. The van der Waals surface area contributed by atoms with Crippen LogP contribution in [0.15, 0.2) is 48.5 Å². The predicted molar refractivity (Wildman–Crippen MR) is 97.1 cm³/mol. The fourth-order valence-electron chi connectivity index (χ4n) is 3.32. The minimum Gasteiger partial charge on any atom is -0.294 e. The third kappa shape index (κ3) is 3.89. The SMILES string of the molecule is C/C=C(\CCC)c1ccc2c(n1)CCN(Cc1ccccc1)C2. The van der Waals surface area contributed by atoms with Crippen LogP contribution in [-0.4, -0.2) is 16.4 Å². The van der Waals surface area contributed by atoms with Crippen LogP contribution in [0.3, 0.4) is 0 Å². The largest absolute Gasteiger partial charge is 0.294 e. The fraction of sp³-hybridized carbons (Fsp3) is 0.381. The standard InChI is InChI=1S/C21H26N2/c1-3-8-18(4-2)20-12-11-19-16-23(14-13-21(19)22-20)15-17-9-6-5-7-10-17/h4-7,9-12H,3,8,13-16H2,1-2H3/b18-4+. The number of benzene rings is 1. The molecule has 1 aromatic heterocycles. The minimum atomic E-state index is 1.01. The molecule has 0 aliphatic carbocycles. The summed E-state index contributed by atoms with van der Waals surface area (Å²) in [6.07, 6.45) is 5.55. The summed E-state index contributed by atoms with van der Waals surface area (Å²) in [5.74, 6) is 0. The van der Waals surface area contributed by atoms with Crippen molar-refractivity contribution in [2.45, 2.75) is 46.2 Å². The Bertz CT molecular complexity index is 673. The minimum absolute atomic E-state index is 1.01. The summed E-state index contributed by atoms with van der Waals surface area (Å²) < 4.78 is 0. The van der Waals surface area contributed by atoms with Crippen molar-refractivity contribution >= 4 is 5.57 Å². The summed E-state index contributed by atoms with van der Waals surface area (Å²) in [7, 11) is 0. The van der Waals surface area contributed by atoms with Crippen LogP contribution in [-0.2, 0) is 19.5 Å². The van der Waals surface area contributed by atoms with Gasteiger partial charge in [-0.25, -0.2) is 0 Å². The van der Waals surface area contributed by atoms with E-state index in [1.165, 1.54) is 34.5 Å². The van der Waals surface area contributed by atoms with Gasteiger partial charge in [-0.3, -0.25) is 9.88 Å². The van der Waals surface area contributed by atoms with E-state index in [2.05, 4.69) is 67.3 Å². The lowest BCUT2D eigenvalue weighted by atomic mass is 10.0. The van der Waals surface area contributed by atoms with E-state index in [0.717, 1.165) is 32.5 Å². The van der Waals surface area contributed by atoms with Gasteiger partial charge in [0.1, 0.15) is 0 Å². The van der Waals surface area contributed by atoms with Gasteiger partial charge in [0.25, 0.3) is 0 Å². The summed E-state index contributed by atoms with van der Waals surface area (Å²) in [5, 5.41) is 0. The Morgan fingerprint density at radius 3 is 2.74 bits per heavy atom. The molecule has 0 fully saturated rings. The Morgan fingerprint density at radius 2 is 2.00 bits per heavy atom. The molecule has 2 heterocycles. The average Bonchev–Trinajstić information content (AvgIpc) is 2.60. The first-order valence-corrected chi connectivity index (χ1v) is 8.70. The van der Waals surface area contributed by atoms with Crippen LogP contribution in [0.1, 0.15) is 49.2 Å². The van der Waals surface area contributed by atoms with E-state index in [4.69, 9.17) is 4.98 Å². The van der Waals surface area contributed by atoms with Crippen molar-refractivity contribution in [2.75, 3.05) is 6.54 Å². The zero-order valence-corrected chi connectivity index (χ0v) is 14.3. The summed E-state index contributed by atoms with van der Waals surface area (Å²) in [6, 6.07) is 15.2. The Hall–Kier alpha value is -1.93. The van der Waals surface area contributed by atoms with Crippen LogP contribution < -0.4 is 0 Å². The Morgan fingerprint density at radius 1 is 1.17 bits per heavy atom. The highest BCUT2D eigenvalue weighted by atomic mass is 15.1. The van der Waals surface area contributed by atoms with Gasteiger partial charge < -0.3 is 0 Å². The molecular formula is C21H26N2. The molecule has 0 radical (unpaired) electrons. The molecule has 0 unspecified atom stereocenters. The van der Waals surface area contributed by atoms with Crippen molar-refractivity contribution in [1.29, 1.82) is 0 Å². The quantitative estimate of drug-likeness (QED) is 0.785. The lowest BCUT2D eigenvalue weighted by Crippen LogP contribution is -2.30. The number of fused-ring (bicyclic) bond motifs is 1. The molecule has 2 nitrogen and oxygen atoms in total. The van der Waals surface area contributed by atoms with E-state index in [1.54, 1.807) is 0 Å². The van der Waals surface area contributed by atoms with Crippen LogP contribution in [0.5, 0.6) is 0 Å². The van der Waals surface area contributed by atoms with E-state index in [-0.39, 0.29) is 0 Å². The number of hydrogen-bond acceptors (Lipinski definition) is 2. The molecule has 120 valence electrons. The van der Waals surface area contributed by atoms with Crippen molar-refractivity contribution in [3.63, 3.8) is 0 Å². The summed E-state index contributed by atoms with van der Waals surface area (Å²) in [5.41, 5.74) is 6.62. The zero-order chi connectivity index (χ0) is 16.1. The van der Waals surface area contributed by atoms with Crippen LogP contribution in [0.4, 0.5) is 0 Å². The molecule has 3 rings (SSSR count). The number of rotatable bonds is 5. The highest BCUT2D eigenvalue weighted by molar-refractivity contribution is 5.62. The monoisotopic (exact) mass is 306 g/mol. The first kappa shape index (κ1) is 15.9. The second kappa shape index (κ2) is 7.56. The number of aromatic nitrogens is 1. The van der Waals surface area contributed by atoms with Crippen molar-refractivity contribution < 1.29 is 0 Å². The maximum absolute atomic E-state index is 4.95. The highest BCUT2D eigenvalue weighted by Crippen LogP contribution is 2.24. The van der Waals surface area contributed by atoms with Gasteiger partial charge in [-0.1, -0.05) is 55.8 Å². The molecule has 1 aliphatic heterocycles. The number of hydrogen-bond donors (Lipinski definition) is 0. The molecule has 2 heteroatoms. The lowest BCUT2D eigenvalue weighted by molar-refractivity contribution is 0.243. The molecule has 0 N–H and O–H groups in total. The third-order valence-corrected chi connectivity index (χ3v) is 4.57. The first-order valence-electron chi connectivity index (χ1n) is 8.70. The smallest absolute Gasteiger partial charge is 0.0661 e. The molecule has 0 atom stereocenters. The number of allylic oxidation sites excluding steroid dienone is 2. The van der Waals surface area contributed by atoms with Crippen LogP contribution in [0.25, 0.3) is 5.57 Å². The summed E-state index contributed by atoms with van der Waals surface area (Å²) in [4.78, 5) is 7.47. The molecule has 1 aliphatic rings. The van der Waals surface area contributed by atoms with Gasteiger partial charge in [0, 0.05) is 31.7 Å². The topological polar surface area (TPSA) is 16.1 Å². The van der Waals surface area contributed by atoms with Gasteiger partial charge in [0.15, 0.2) is 0 Å². The maximum Gasteiger partial charge on any atom is 0.0661 e. The lowest BCUT2D eigenvalue weighted by Gasteiger charge is -2.28. The molecule has 2 aromatic rings. The summed E-state index contributed by atoms with van der Waals surface area (Å²) >= 11 is 0. The van der Waals surface area contributed by atoms with Gasteiger partial charge in [-0.2, -0.15) is 0 Å². The van der Waals surface area contributed by atoms with Gasteiger partial charge in [0.2, 0.25) is 0 Å². The number of pyridine rings is 1. The van der Waals surface area contributed by atoms with Crippen molar-refractivity contribution in [2.24, 2.45) is 0 Å². The Balaban J connectivity index is 1.72. The van der Waals surface area contributed by atoms with Crippen LogP contribution in [0, 0.1) is 0 Å². The third-order valence-electron chi connectivity index (χ3n) is 4.57. The van der Waals surface area contributed by atoms with Gasteiger partial charge >= 0.3 is 0 Å². The van der Waals surface area contributed by atoms with E-state index in [0.29, 0.717) is 0 Å². The summed E-state index contributed by atoms with van der Waals surface area (Å²) in [6.45, 7) is 7.48. The Labute approximate surface area is 139 Å². The van der Waals surface area contributed by atoms with Crippen molar-refractivity contribution in [3.8, 4) is 0 Å². The normalized spacial score (nSPS) is 15.5. The van der Waals surface area contributed by atoms with Crippen LogP contribution >= 0.6 is 0 Å². The van der Waals surface area contributed by atoms with E-state index >= 15 is 0 Å². The van der Waals surface area contributed by atoms with E-state index in [1.807, 2.05) is 0 Å². The predicted octanol–water partition coefficient (Wildman–Crippen LogP) is 4.84. The van der Waals surface area contributed by atoms with E-state index < -0.39 is 0 Å². The zero-order valence-electron chi connectivity index (χ0n) is 14.3. The highest BCUT2D eigenvalue weighted by Gasteiger charge is 2.18.